The second kappa shape index (κ2) is 8.39. The van der Waals surface area contributed by atoms with Gasteiger partial charge in [-0.25, -0.2) is 4.79 Å². The van der Waals surface area contributed by atoms with Gasteiger partial charge in [-0.15, -0.1) is 0 Å². The van der Waals surface area contributed by atoms with Crippen molar-refractivity contribution in [1.29, 1.82) is 0 Å². The van der Waals surface area contributed by atoms with Gasteiger partial charge in [0.1, 0.15) is 11.5 Å². The summed E-state index contributed by atoms with van der Waals surface area (Å²) in [5.41, 5.74) is 2.28. The summed E-state index contributed by atoms with van der Waals surface area (Å²) in [5, 5.41) is 10.5. The fourth-order valence-electron chi connectivity index (χ4n) is 3.73. The molecule has 1 aliphatic heterocycles. The summed E-state index contributed by atoms with van der Waals surface area (Å²) < 4.78 is 10.6. The molecule has 0 saturated carbocycles. The van der Waals surface area contributed by atoms with Gasteiger partial charge in [0.05, 0.1) is 31.5 Å². The topological polar surface area (TPSA) is 88.7 Å². The summed E-state index contributed by atoms with van der Waals surface area (Å²) in [5.74, 6) is 0.996. The minimum Gasteiger partial charge on any atom is -0.497 e. The van der Waals surface area contributed by atoms with Gasteiger partial charge >= 0.3 is 6.03 Å². The predicted octanol–water partition coefficient (Wildman–Crippen LogP) is 4.12. The van der Waals surface area contributed by atoms with Crippen LogP contribution in [-0.2, 0) is 4.79 Å². The molecule has 0 spiro atoms. The van der Waals surface area contributed by atoms with Crippen LogP contribution in [0.15, 0.2) is 71.9 Å². The number of benzene rings is 3. The Bertz CT molecular complexity index is 1200. The van der Waals surface area contributed by atoms with Crippen LogP contribution in [-0.4, -0.2) is 26.2 Å². The van der Waals surface area contributed by atoms with Crippen LogP contribution in [0.1, 0.15) is 18.5 Å². The molecule has 4 rings (SSSR count). The molecule has 0 fully saturated rings. The maximum absolute atomic E-state index is 13.3. The molecule has 31 heavy (non-hydrogen) atoms. The molecule has 7 nitrogen and oxygen atoms in total. The number of anilines is 1. The van der Waals surface area contributed by atoms with E-state index in [0.717, 1.165) is 22.1 Å². The van der Waals surface area contributed by atoms with Crippen molar-refractivity contribution in [3.8, 4) is 11.5 Å². The molecule has 0 saturated heterocycles. The lowest BCUT2D eigenvalue weighted by Crippen LogP contribution is -2.46. The van der Waals surface area contributed by atoms with Crippen molar-refractivity contribution in [2.75, 3.05) is 19.5 Å². The Kier molecular flexibility index (Phi) is 5.49. The van der Waals surface area contributed by atoms with E-state index in [2.05, 4.69) is 16.0 Å². The van der Waals surface area contributed by atoms with E-state index >= 15 is 0 Å². The number of methoxy groups -OCH3 is 2. The number of allylic oxidation sites excluding steroid dienone is 1. The van der Waals surface area contributed by atoms with Crippen LogP contribution in [0.4, 0.5) is 10.5 Å². The molecule has 1 atom stereocenters. The second-order valence-corrected chi connectivity index (χ2v) is 7.20. The summed E-state index contributed by atoms with van der Waals surface area (Å²) in [6.45, 7) is 1.72. The molecule has 0 bridgehead atoms. The van der Waals surface area contributed by atoms with Gasteiger partial charge < -0.3 is 25.4 Å². The largest absolute Gasteiger partial charge is 0.497 e. The molecule has 7 heteroatoms. The number of rotatable bonds is 5. The van der Waals surface area contributed by atoms with Gasteiger partial charge in [-0.1, -0.05) is 30.3 Å². The number of hydrogen-bond donors (Lipinski definition) is 3. The number of hydrogen-bond acceptors (Lipinski definition) is 4. The van der Waals surface area contributed by atoms with Gasteiger partial charge in [0.2, 0.25) is 0 Å². The second-order valence-electron chi connectivity index (χ2n) is 7.20. The molecule has 3 aromatic carbocycles. The Labute approximate surface area is 180 Å². The Morgan fingerprint density at radius 1 is 0.968 bits per heavy atom. The molecule has 1 aliphatic rings. The SMILES string of the molecule is COc1ccc2cc([C@@H]3NC(=O)NC(C)=C3C(=O)Nc3ccccc3OC)ccc2c1. The molecule has 1 heterocycles. The van der Waals surface area contributed by atoms with E-state index in [1.54, 1.807) is 33.3 Å². The van der Waals surface area contributed by atoms with Gasteiger partial charge in [-0.2, -0.15) is 0 Å². The van der Waals surface area contributed by atoms with Crippen molar-refractivity contribution >= 4 is 28.4 Å². The van der Waals surface area contributed by atoms with Gasteiger partial charge in [0.25, 0.3) is 5.91 Å². The molecule has 0 unspecified atom stereocenters. The average molecular weight is 417 g/mol. The lowest BCUT2D eigenvalue weighted by molar-refractivity contribution is -0.113. The van der Waals surface area contributed by atoms with Gasteiger partial charge in [-0.3, -0.25) is 4.79 Å². The van der Waals surface area contributed by atoms with Crippen LogP contribution in [0.5, 0.6) is 11.5 Å². The number of ether oxygens (including phenoxy) is 2. The van der Waals surface area contributed by atoms with E-state index in [4.69, 9.17) is 9.47 Å². The number of carbonyl (C=O) groups is 2. The van der Waals surface area contributed by atoms with E-state index < -0.39 is 6.04 Å². The zero-order chi connectivity index (χ0) is 22.0. The first-order chi connectivity index (χ1) is 15.0. The summed E-state index contributed by atoms with van der Waals surface area (Å²) in [4.78, 5) is 25.5. The van der Waals surface area contributed by atoms with Crippen LogP contribution in [0.2, 0.25) is 0 Å². The smallest absolute Gasteiger partial charge is 0.319 e. The third-order valence-electron chi connectivity index (χ3n) is 5.27. The summed E-state index contributed by atoms with van der Waals surface area (Å²) >= 11 is 0. The van der Waals surface area contributed by atoms with E-state index in [-0.39, 0.29) is 11.9 Å². The molecule has 3 aromatic rings. The Hall–Kier alpha value is -4.00. The number of nitrogens with one attached hydrogen (secondary N) is 3. The first-order valence-corrected chi connectivity index (χ1v) is 9.80. The van der Waals surface area contributed by atoms with Crippen molar-refractivity contribution in [3.05, 3.63) is 77.5 Å². The molecule has 0 aliphatic carbocycles. The highest BCUT2D eigenvalue weighted by molar-refractivity contribution is 6.07. The fourth-order valence-corrected chi connectivity index (χ4v) is 3.73. The molecule has 3 amide bonds. The minimum atomic E-state index is -0.602. The number of para-hydroxylation sites is 2. The molecule has 0 radical (unpaired) electrons. The van der Waals surface area contributed by atoms with Crippen molar-refractivity contribution in [3.63, 3.8) is 0 Å². The molecular formula is C24H23N3O4. The maximum Gasteiger partial charge on any atom is 0.319 e. The number of amides is 3. The highest BCUT2D eigenvalue weighted by Gasteiger charge is 2.31. The van der Waals surface area contributed by atoms with Crippen molar-refractivity contribution in [2.45, 2.75) is 13.0 Å². The zero-order valence-electron chi connectivity index (χ0n) is 17.5. The average Bonchev–Trinajstić information content (AvgIpc) is 2.78. The maximum atomic E-state index is 13.3. The van der Waals surface area contributed by atoms with Crippen LogP contribution in [0.3, 0.4) is 0 Å². The molecule has 0 aromatic heterocycles. The standard InChI is InChI=1S/C24H23N3O4/c1-14-21(23(28)26-19-6-4-5-7-20(19)31-3)22(27-24(29)25-14)17-9-8-16-13-18(30-2)11-10-15(16)12-17/h4-13,22H,1-3H3,(H,26,28)(H2,25,27,29)/t22-/m0/s1. The van der Waals surface area contributed by atoms with Gasteiger partial charge in [-0.05, 0) is 53.6 Å². The van der Waals surface area contributed by atoms with Crippen LogP contribution < -0.4 is 25.4 Å². The van der Waals surface area contributed by atoms with Crippen molar-refractivity contribution < 1.29 is 19.1 Å². The number of urea groups is 1. The Balaban J connectivity index is 1.71. The lowest BCUT2D eigenvalue weighted by atomic mass is 9.93. The molecular weight excluding hydrogens is 394 g/mol. The quantitative estimate of drug-likeness (QED) is 0.583. The highest BCUT2D eigenvalue weighted by Crippen LogP contribution is 2.32. The first kappa shape index (κ1) is 20.3. The van der Waals surface area contributed by atoms with Crippen molar-refractivity contribution in [2.24, 2.45) is 0 Å². The van der Waals surface area contributed by atoms with Crippen LogP contribution in [0.25, 0.3) is 10.8 Å². The van der Waals surface area contributed by atoms with Gasteiger partial charge in [0.15, 0.2) is 0 Å². The normalized spacial score (nSPS) is 15.8. The Morgan fingerprint density at radius 2 is 1.71 bits per heavy atom. The van der Waals surface area contributed by atoms with Gasteiger partial charge in [0, 0.05) is 5.70 Å². The predicted molar refractivity (Wildman–Crippen MR) is 119 cm³/mol. The number of fused-ring (bicyclic) bond motifs is 1. The summed E-state index contributed by atoms with van der Waals surface area (Å²) in [6.07, 6.45) is 0. The van der Waals surface area contributed by atoms with E-state index in [0.29, 0.717) is 22.7 Å². The highest BCUT2D eigenvalue weighted by atomic mass is 16.5. The Morgan fingerprint density at radius 3 is 2.48 bits per heavy atom. The summed E-state index contributed by atoms with van der Waals surface area (Å²) in [6, 6.07) is 17.8. The van der Waals surface area contributed by atoms with Crippen LogP contribution >= 0.6 is 0 Å². The fraction of sp³-hybridized carbons (Fsp3) is 0.167. The van der Waals surface area contributed by atoms with Crippen LogP contribution in [0, 0.1) is 0 Å². The summed E-state index contributed by atoms with van der Waals surface area (Å²) in [7, 11) is 3.17. The lowest BCUT2D eigenvalue weighted by Gasteiger charge is -2.29. The van der Waals surface area contributed by atoms with E-state index in [9.17, 15) is 9.59 Å². The van der Waals surface area contributed by atoms with Crippen molar-refractivity contribution in [1.82, 2.24) is 10.6 Å². The number of carbonyl (C=O) groups excluding carboxylic acids is 2. The third-order valence-corrected chi connectivity index (χ3v) is 5.27. The first-order valence-electron chi connectivity index (χ1n) is 9.80. The zero-order valence-corrected chi connectivity index (χ0v) is 17.5. The molecule has 3 N–H and O–H groups in total. The van der Waals surface area contributed by atoms with E-state index in [1.165, 1.54) is 0 Å². The minimum absolute atomic E-state index is 0.325. The third kappa shape index (κ3) is 4.02. The van der Waals surface area contributed by atoms with E-state index in [1.807, 2.05) is 48.5 Å². The monoisotopic (exact) mass is 417 g/mol. The molecule has 158 valence electrons.